The molecule has 0 aromatic heterocycles. The molecule has 0 saturated carbocycles. The Morgan fingerprint density at radius 2 is 2.23 bits per heavy atom. The van der Waals surface area contributed by atoms with Crippen molar-refractivity contribution in [1.82, 2.24) is 0 Å². The zero-order valence-electron chi connectivity index (χ0n) is 14.5. The van der Waals surface area contributed by atoms with E-state index in [9.17, 15) is 9.18 Å². The van der Waals surface area contributed by atoms with Gasteiger partial charge in [0.25, 0.3) is 5.91 Å². The van der Waals surface area contributed by atoms with E-state index in [0.717, 1.165) is 25.2 Å². The maximum absolute atomic E-state index is 13.4. The third-order valence-corrected chi connectivity index (χ3v) is 4.85. The smallest absolute Gasteiger partial charge is 0.268 e. The van der Waals surface area contributed by atoms with Crippen LogP contribution in [0.15, 0.2) is 47.6 Å². The van der Waals surface area contributed by atoms with Gasteiger partial charge >= 0.3 is 0 Å². The van der Waals surface area contributed by atoms with Gasteiger partial charge in [-0.3, -0.25) is 4.79 Å². The second kappa shape index (κ2) is 6.78. The Morgan fingerprint density at radius 3 is 3.04 bits per heavy atom. The van der Waals surface area contributed by atoms with E-state index in [1.807, 2.05) is 12.1 Å². The lowest BCUT2D eigenvalue weighted by Crippen LogP contribution is -2.28. The van der Waals surface area contributed by atoms with Crippen molar-refractivity contribution in [2.45, 2.75) is 25.9 Å². The van der Waals surface area contributed by atoms with E-state index < -0.39 is 6.10 Å². The number of carbonyl (C=O) groups is 1. The number of oxime groups is 1. The Bertz CT molecular complexity index is 881. The second-order valence-corrected chi connectivity index (χ2v) is 6.51. The first-order chi connectivity index (χ1) is 12.6. The minimum absolute atomic E-state index is 0.249. The molecule has 4 rings (SSSR count). The van der Waals surface area contributed by atoms with Gasteiger partial charge in [0.2, 0.25) is 6.10 Å². The molecule has 0 spiro atoms. The summed E-state index contributed by atoms with van der Waals surface area (Å²) >= 11 is 0. The number of halogens is 1. The fourth-order valence-electron chi connectivity index (χ4n) is 3.43. The number of carbonyl (C=O) groups excluding carboxylic acids is 1. The quantitative estimate of drug-likeness (QED) is 0.917. The summed E-state index contributed by atoms with van der Waals surface area (Å²) in [6, 6.07) is 12.1. The maximum atomic E-state index is 13.4. The monoisotopic (exact) mass is 353 g/mol. The lowest BCUT2D eigenvalue weighted by Gasteiger charge is -2.18. The summed E-state index contributed by atoms with van der Waals surface area (Å²) in [5, 5.41) is 6.86. The van der Waals surface area contributed by atoms with Crippen LogP contribution in [0.1, 0.15) is 24.5 Å². The molecule has 2 aromatic carbocycles. The van der Waals surface area contributed by atoms with Crippen molar-refractivity contribution in [1.29, 1.82) is 0 Å². The SMILES string of the molecule is CCN1CCc2ccc(NC(=O)C3CC(c4cccc(F)c4)=NO3)cc21. The van der Waals surface area contributed by atoms with Gasteiger partial charge in [-0.15, -0.1) is 0 Å². The molecular formula is C20H20FN3O2. The lowest BCUT2D eigenvalue weighted by atomic mass is 10.0. The Labute approximate surface area is 151 Å². The van der Waals surface area contributed by atoms with Gasteiger partial charge in [0, 0.05) is 36.4 Å². The molecular weight excluding hydrogens is 333 g/mol. The predicted octanol–water partition coefficient (Wildman–Crippen LogP) is 3.34. The highest BCUT2D eigenvalue weighted by Crippen LogP contribution is 2.30. The highest BCUT2D eigenvalue weighted by molar-refractivity contribution is 6.06. The zero-order chi connectivity index (χ0) is 18.1. The topological polar surface area (TPSA) is 53.9 Å². The van der Waals surface area contributed by atoms with Crippen LogP contribution in [-0.2, 0) is 16.1 Å². The van der Waals surface area contributed by atoms with Crippen molar-refractivity contribution in [2.75, 3.05) is 23.3 Å². The van der Waals surface area contributed by atoms with Gasteiger partial charge in [-0.05, 0) is 43.2 Å². The summed E-state index contributed by atoms with van der Waals surface area (Å²) in [5.41, 5.74) is 4.44. The van der Waals surface area contributed by atoms with Gasteiger partial charge in [-0.1, -0.05) is 23.4 Å². The van der Waals surface area contributed by atoms with Crippen molar-refractivity contribution in [3.8, 4) is 0 Å². The predicted molar refractivity (Wildman–Crippen MR) is 99.1 cm³/mol. The van der Waals surface area contributed by atoms with E-state index in [4.69, 9.17) is 4.84 Å². The fraction of sp³-hybridized carbons (Fsp3) is 0.300. The number of hydrogen-bond donors (Lipinski definition) is 1. The summed E-state index contributed by atoms with van der Waals surface area (Å²) in [6.07, 6.45) is 0.652. The molecule has 0 fully saturated rings. The molecule has 6 heteroatoms. The zero-order valence-corrected chi connectivity index (χ0v) is 14.5. The van der Waals surface area contributed by atoms with Crippen LogP contribution < -0.4 is 10.2 Å². The van der Waals surface area contributed by atoms with Crippen LogP contribution in [0.3, 0.4) is 0 Å². The highest BCUT2D eigenvalue weighted by atomic mass is 19.1. The van der Waals surface area contributed by atoms with Crippen LogP contribution in [0.25, 0.3) is 0 Å². The average Bonchev–Trinajstić information content (AvgIpc) is 3.28. The van der Waals surface area contributed by atoms with E-state index in [2.05, 4.69) is 28.4 Å². The average molecular weight is 353 g/mol. The molecule has 26 heavy (non-hydrogen) atoms. The largest absolute Gasteiger partial charge is 0.382 e. The van der Waals surface area contributed by atoms with E-state index in [0.29, 0.717) is 17.7 Å². The minimum Gasteiger partial charge on any atom is -0.382 e. The van der Waals surface area contributed by atoms with E-state index in [-0.39, 0.29) is 11.7 Å². The summed E-state index contributed by atoms with van der Waals surface area (Å²) in [5.74, 6) is -0.585. The van der Waals surface area contributed by atoms with Gasteiger partial charge in [0.15, 0.2) is 0 Å². The number of nitrogens with zero attached hydrogens (tertiary/aromatic N) is 2. The minimum atomic E-state index is -0.705. The number of nitrogens with one attached hydrogen (secondary N) is 1. The fourth-order valence-corrected chi connectivity index (χ4v) is 3.43. The number of hydrogen-bond acceptors (Lipinski definition) is 4. The molecule has 2 heterocycles. The number of anilines is 2. The maximum Gasteiger partial charge on any atom is 0.268 e. The Hall–Kier alpha value is -2.89. The summed E-state index contributed by atoms with van der Waals surface area (Å²) < 4.78 is 13.4. The van der Waals surface area contributed by atoms with E-state index in [1.165, 1.54) is 23.4 Å². The standard InChI is InChI=1S/C20H20FN3O2/c1-2-24-9-8-13-6-7-16(11-18(13)24)22-20(25)19-12-17(23-26-19)14-4-3-5-15(21)10-14/h3-7,10-11,19H,2,8-9,12H2,1H3,(H,22,25). The van der Waals surface area contributed by atoms with Crippen LogP contribution in [0, 0.1) is 5.82 Å². The van der Waals surface area contributed by atoms with Crippen LogP contribution in [-0.4, -0.2) is 30.8 Å². The molecule has 1 atom stereocenters. The normalized spacial score (nSPS) is 18.3. The molecule has 0 bridgehead atoms. The first-order valence-electron chi connectivity index (χ1n) is 8.81. The summed E-state index contributed by atoms with van der Waals surface area (Å²) in [4.78, 5) is 20.1. The molecule has 2 aliphatic rings. The van der Waals surface area contributed by atoms with Gasteiger partial charge in [0.1, 0.15) is 5.82 Å². The molecule has 1 amide bonds. The first-order valence-corrected chi connectivity index (χ1v) is 8.81. The van der Waals surface area contributed by atoms with Crippen LogP contribution in [0.4, 0.5) is 15.8 Å². The number of amides is 1. The Balaban J connectivity index is 1.42. The van der Waals surface area contributed by atoms with Crippen molar-refractivity contribution in [2.24, 2.45) is 5.16 Å². The second-order valence-electron chi connectivity index (χ2n) is 6.51. The van der Waals surface area contributed by atoms with Gasteiger partial charge in [-0.2, -0.15) is 0 Å². The van der Waals surface area contributed by atoms with Crippen molar-refractivity contribution >= 4 is 23.0 Å². The van der Waals surface area contributed by atoms with Crippen LogP contribution in [0.2, 0.25) is 0 Å². The van der Waals surface area contributed by atoms with Gasteiger partial charge in [-0.25, -0.2) is 4.39 Å². The number of benzene rings is 2. The molecule has 2 aliphatic heterocycles. The highest BCUT2D eigenvalue weighted by Gasteiger charge is 2.29. The molecule has 1 unspecified atom stereocenters. The van der Waals surface area contributed by atoms with Crippen molar-refractivity contribution < 1.29 is 14.0 Å². The molecule has 1 N–H and O–H groups in total. The number of likely N-dealkylation sites (N-methyl/N-ethyl adjacent to an activating group) is 1. The molecule has 0 saturated heterocycles. The third kappa shape index (κ3) is 3.14. The van der Waals surface area contributed by atoms with Gasteiger partial charge < -0.3 is 15.1 Å². The first kappa shape index (κ1) is 16.6. The van der Waals surface area contributed by atoms with E-state index in [1.54, 1.807) is 12.1 Å². The molecule has 0 radical (unpaired) electrons. The number of fused-ring (bicyclic) bond motifs is 1. The van der Waals surface area contributed by atoms with E-state index >= 15 is 0 Å². The third-order valence-electron chi connectivity index (χ3n) is 4.85. The summed E-state index contributed by atoms with van der Waals surface area (Å²) in [7, 11) is 0. The van der Waals surface area contributed by atoms with Crippen molar-refractivity contribution in [3.63, 3.8) is 0 Å². The molecule has 134 valence electrons. The Morgan fingerprint density at radius 1 is 1.35 bits per heavy atom. The van der Waals surface area contributed by atoms with Crippen LogP contribution >= 0.6 is 0 Å². The van der Waals surface area contributed by atoms with Crippen molar-refractivity contribution in [3.05, 3.63) is 59.4 Å². The molecule has 2 aromatic rings. The van der Waals surface area contributed by atoms with Gasteiger partial charge in [0.05, 0.1) is 5.71 Å². The Kier molecular flexibility index (Phi) is 4.32. The van der Waals surface area contributed by atoms with Crippen LogP contribution in [0.5, 0.6) is 0 Å². The number of rotatable bonds is 4. The lowest BCUT2D eigenvalue weighted by molar-refractivity contribution is -0.125. The molecule has 5 nitrogen and oxygen atoms in total. The molecule has 0 aliphatic carbocycles. The summed E-state index contributed by atoms with van der Waals surface area (Å²) in [6.45, 7) is 4.08.